The van der Waals surface area contributed by atoms with E-state index in [-0.39, 0.29) is 34.0 Å². The summed E-state index contributed by atoms with van der Waals surface area (Å²) >= 11 is 0. The summed E-state index contributed by atoms with van der Waals surface area (Å²) in [6.07, 6.45) is -13.9. The van der Waals surface area contributed by atoms with Gasteiger partial charge in [-0.05, 0) is 23.8 Å². The van der Waals surface area contributed by atoms with Gasteiger partial charge in [0.05, 0.1) is 30.0 Å². The third kappa shape index (κ3) is 8.73. The number of hydrogen-bond donors (Lipinski definition) is 3. The van der Waals surface area contributed by atoms with Gasteiger partial charge in [0, 0.05) is 24.8 Å². The Bertz CT molecular complexity index is 1740. The molecule has 0 aliphatic rings. The number of halogens is 9. The van der Waals surface area contributed by atoms with Gasteiger partial charge >= 0.3 is 26.1 Å². The lowest BCUT2D eigenvalue weighted by atomic mass is 10.1. The highest BCUT2D eigenvalue weighted by Gasteiger charge is 2.39. The molecule has 250 valence electrons. The second-order valence-electron chi connectivity index (χ2n) is 9.62. The largest absolute Gasteiger partial charge is 0.495 e. The molecule has 2 aromatic carbocycles. The van der Waals surface area contributed by atoms with Gasteiger partial charge in [-0.25, -0.2) is 4.98 Å². The highest BCUT2D eigenvalue weighted by molar-refractivity contribution is 7.53. The summed E-state index contributed by atoms with van der Waals surface area (Å²) in [5, 5.41) is 16.4. The topological polar surface area (TPSA) is 120 Å². The number of ether oxygens (including phenoxy) is 1. The van der Waals surface area contributed by atoms with Crippen LogP contribution >= 0.6 is 7.60 Å². The number of benzene rings is 2. The van der Waals surface area contributed by atoms with Crippen LogP contribution in [0.4, 0.5) is 62.7 Å². The molecule has 0 amide bonds. The molecule has 2 aromatic heterocycles. The molecule has 3 N–H and O–H groups in total. The molecule has 0 bridgehead atoms. The minimum Gasteiger partial charge on any atom is -0.495 e. The summed E-state index contributed by atoms with van der Waals surface area (Å²) in [5.74, 6) is -1.44. The first kappa shape index (κ1) is 34.6. The first-order valence-electron chi connectivity index (χ1n) is 12.7. The van der Waals surface area contributed by atoms with E-state index in [0.29, 0.717) is 11.6 Å². The molecule has 4 rings (SSSR count). The number of hydrogen-bond acceptors (Lipinski definition) is 9. The minimum atomic E-state index is -5.02. The lowest BCUT2D eigenvalue weighted by Gasteiger charge is -2.21. The number of aromatic nitrogens is 3. The molecule has 0 saturated heterocycles. The molecule has 20 heteroatoms. The van der Waals surface area contributed by atoms with Gasteiger partial charge in [-0.15, -0.1) is 0 Å². The average molecular weight is 687 g/mol. The number of alkyl halides is 9. The van der Waals surface area contributed by atoms with E-state index in [1.807, 2.05) is 0 Å². The van der Waals surface area contributed by atoms with Crippen molar-refractivity contribution >= 4 is 41.5 Å². The highest BCUT2D eigenvalue weighted by atomic mass is 31.2. The van der Waals surface area contributed by atoms with Crippen molar-refractivity contribution < 1.29 is 63.0 Å². The molecule has 0 atom stereocenters. The molecule has 0 aliphatic carbocycles. The first-order valence-corrected chi connectivity index (χ1v) is 14.4. The molecule has 0 spiro atoms. The number of nitrogens with zero attached hydrogens (tertiary/aromatic N) is 3. The molecule has 4 aromatic rings. The molecule has 0 radical (unpaired) electrons. The summed E-state index contributed by atoms with van der Waals surface area (Å²) < 4.78 is 145. The fourth-order valence-electron chi connectivity index (χ4n) is 4.10. The van der Waals surface area contributed by atoms with Gasteiger partial charge in [-0.1, -0.05) is 18.2 Å². The second kappa shape index (κ2) is 12.9. The van der Waals surface area contributed by atoms with Crippen molar-refractivity contribution in [2.45, 2.75) is 24.7 Å². The third-order valence-electron chi connectivity index (χ3n) is 6.07. The predicted octanol–water partition coefficient (Wildman–Crippen LogP) is 8.04. The maximum Gasteiger partial charge on any atom is 0.421 e. The number of nitrogens with one attached hydrogen (secondary N) is 2. The predicted molar refractivity (Wildman–Crippen MR) is 147 cm³/mol. The van der Waals surface area contributed by atoms with Crippen LogP contribution in [0, 0.1) is 0 Å². The Hall–Kier alpha value is -4.22. The lowest BCUT2D eigenvalue weighted by Crippen LogP contribution is -2.20. The SMILES string of the molecule is COc1cc(CP(=O)(OCC(F)(F)F)OCC(F)(F)F)ccc1Nc1ncc(C(F)(F)F)c(Nc2cccc3cn(C)c(O)c23)n1. The Labute approximate surface area is 253 Å². The van der Waals surface area contributed by atoms with Gasteiger partial charge in [0.15, 0.2) is 13.2 Å². The normalized spacial score (nSPS) is 12.8. The van der Waals surface area contributed by atoms with Crippen LogP contribution in [0.5, 0.6) is 11.6 Å². The van der Waals surface area contributed by atoms with E-state index < -0.39 is 62.8 Å². The van der Waals surface area contributed by atoms with Gasteiger partial charge in [0.1, 0.15) is 17.1 Å². The van der Waals surface area contributed by atoms with Crippen molar-refractivity contribution in [1.82, 2.24) is 14.5 Å². The van der Waals surface area contributed by atoms with Gasteiger partial charge in [0.25, 0.3) is 0 Å². The van der Waals surface area contributed by atoms with Crippen LogP contribution in [-0.2, 0) is 33.0 Å². The zero-order valence-electron chi connectivity index (χ0n) is 23.5. The van der Waals surface area contributed by atoms with Crippen LogP contribution in [-0.4, -0.2) is 52.3 Å². The van der Waals surface area contributed by atoms with E-state index in [1.54, 1.807) is 18.3 Å². The lowest BCUT2D eigenvalue weighted by molar-refractivity contribution is -0.165. The minimum absolute atomic E-state index is 0.00187. The third-order valence-corrected chi connectivity index (χ3v) is 7.87. The Kier molecular flexibility index (Phi) is 9.70. The Morgan fingerprint density at radius 2 is 1.59 bits per heavy atom. The van der Waals surface area contributed by atoms with E-state index in [1.165, 1.54) is 23.7 Å². The van der Waals surface area contributed by atoms with E-state index in [4.69, 9.17) is 4.74 Å². The Morgan fingerprint density at radius 1 is 0.935 bits per heavy atom. The van der Waals surface area contributed by atoms with Gasteiger partial charge in [-0.2, -0.15) is 44.5 Å². The molecule has 46 heavy (non-hydrogen) atoms. The maximum absolute atomic E-state index is 13.9. The average Bonchev–Trinajstić information content (AvgIpc) is 3.24. The van der Waals surface area contributed by atoms with Crippen LogP contribution in [0.2, 0.25) is 0 Å². The van der Waals surface area contributed by atoms with Crippen molar-refractivity contribution in [2.24, 2.45) is 7.05 Å². The molecule has 0 saturated carbocycles. The van der Waals surface area contributed by atoms with Crippen LogP contribution in [0.3, 0.4) is 0 Å². The van der Waals surface area contributed by atoms with E-state index >= 15 is 0 Å². The number of aromatic hydroxyl groups is 1. The number of aryl methyl sites for hydroxylation is 1. The Balaban J connectivity index is 1.63. The second-order valence-corrected chi connectivity index (χ2v) is 11.7. The molecule has 10 nitrogen and oxygen atoms in total. The van der Waals surface area contributed by atoms with Crippen molar-refractivity contribution in [3.05, 3.63) is 59.9 Å². The molecule has 0 unspecified atom stereocenters. The van der Waals surface area contributed by atoms with Crippen LogP contribution in [0.1, 0.15) is 11.1 Å². The summed E-state index contributed by atoms with van der Waals surface area (Å²) in [7, 11) is -2.33. The number of rotatable bonds is 11. The zero-order valence-corrected chi connectivity index (χ0v) is 24.4. The van der Waals surface area contributed by atoms with Gasteiger partial charge < -0.3 is 25.0 Å². The molecule has 0 fully saturated rings. The van der Waals surface area contributed by atoms with Crippen molar-refractivity contribution in [2.75, 3.05) is 31.0 Å². The fourth-order valence-corrected chi connectivity index (χ4v) is 5.69. The van der Waals surface area contributed by atoms with Gasteiger partial charge in [0.2, 0.25) is 11.8 Å². The molecule has 2 heterocycles. The zero-order chi connectivity index (χ0) is 34.1. The highest BCUT2D eigenvalue weighted by Crippen LogP contribution is 2.53. The van der Waals surface area contributed by atoms with Crippen LogP contribution < -0.4 is 15.4 Å². The van der Waals surface area contributed by atoms with E-state index in [0.717, 1.165) is 19.2 Å². The summed E-state index contributed by atoms with van der Waals surface area (Å²) in [6, 6.07) is 8.01. The van der Waals surface area contributed by atoms with Crippen LogP contribution in [0.15, 0.2) is 48.8 Å². The number of methoxy groups -OCH3 is 1. The van der Waals surface area contributed by atoms with E-state index in [2.05, 4.69) is 29.6 Å². The fraction of sp³-hybridized carbons (Fsp3) is 0.308. The quantitative estimate of drug-likeness (QED) is 0.106. The monoisotopic (exact) mass is 687 g/mol. The maximum atomic E-state index is 13.9. The molecule has 0 aliphatic heterocycles. The Morgan fingerprint density at radius 3 is 2.17 bits per heavy atom. The first-order chi connectivity index (χ1) is 21.3. The molecular formula is C26H23F9N5O5P. The summed E-state index contributed by atoms with van der Waals surface area (Å²) in [4.78, 5) is 7.62. The standard InChI is InChI=1S/C26H23F9N5O5P/c1-40-10-15-4-3-5-18(20(15)22(40)41)37-21-16(26(33,34)35)9-36-23(39-21)38-17-7-6-14(8-19(17)43-2)11-46(42,44-12-24(27,28)29)45-13-25(30,31)32/h3-10,41H,11-13H2,1-2H3,(H2,36,37,38,39). The van der Waals surface area contributed by atoms with Crippen LogP contribution in [0.25, 0.3) is 10.8 Å². The summed E-state index contributed by atoms with van der Waals surface area (Å²) in [6.45, 7) is -4.28. The van der Waals surface area contributed by atoms with Crippen molar-refractivity contribution in [1.29, 1.82) is 0 Å². The van der Waals surface area contributed by atoms with Crippen molar-refractivity contribution in [3.8, 4) is 11.6 Å². The smallest absolute Gasteiger partial charge is 0.421 e. The van der Waals surface area contributed by atoms with Crippen molar-refractivity contribution in [3.63, 3.8) is 0 Å². The molecular weight excluding hydrogens is 664 g/mol. The van der Waals surface area contributed by atoms with E-state index in [9.17, 15) is 49.2 Å². The van der Waals surface area contributed by atoms with Gasteiger partial charge in [-0.3, -0.25) is 13.6 Å². The summed E-state index contributed by atoms with van der Waals surface area (Å²) in [5.41, 5.74) is -1.28. The number of anilines is 4. The number of fused-ring (bicyclic) bond motifs is 1.